The molecule has 1 aliphatic rings. The highest BCUT2D eigenvalue weighted by Crippen LogP contribution is 2.41. The van der Waals surface area contributed by atoms with Crippen molar-refractivity contribution in [2.75, 3.05) is 6.61 Å². The molecular formula is C14H13NO5S2. The predicted molar refractivity (Wildman–Crippen MR) is 82.5 cm³/mol. The number of carbonyl (C=O) groups is 3. The maximum Gasteiger partial charge on any atom is 0.414 e. The molecule has 0 saturated carbocycles. The van der Waals surface area contributed by atoms with Crippen LogP contribution in [0.2, 0.25) is 0 Å². The Kier molecular flexibility index (Phi) is 3.88. The Hall–Kier alpha value is -1.93. The Morgan fingerprint density at radius 1 is 1.36 bits per heavy atom. The summed E-state index contributed by atoms with van der Waals surface area (Å²) in [7, 11) is 0. The van der Waals surface area contributed by atoms with Crippen LogP contribution in [0, 0.1) is 0 Å². The summed E-state index contributed by atoms with van der Waals surface area (Å²) in [6, 6.07) is 3.21. The smallest absolute Gasteiger partial charge is 0.414 e. The first-order chi connectivity index (χ1) is 10.5. The maximum absolute atomic E-state index is 11.7. The van der Waals surface area contributed by atoms with Crippen molar-refractivity contribution in [1.82, 2.24) is 4.90 Å². The van der Waals surface area contributed by atoms with Gasteiger partial charge in [-0.1, -0.05) is 0 Å². The zero-order chi connectivity index (χ0) is 15.9. The van der Waals surface area contributed by atoms with Gasteiger partial charge in [0.2, 0.25) is 5.91 Å². The fraction of sp³-hybridized carbons (Fsp3) is 0.357. The Bertz CT molecular complexity index is 731. The topological polar surface area (TPSA) is 83.9 Å². The largest absolute Gasteiger partial charge is 0.465 e. The molecule has 6 nitrogen and oxygen atoms in total. The van der Waals surface area contributed by atoms with Crippen molar-refractivity contribution in [1.29, 1.82) is 0 Å². The van der Waals surface area contributed by atoms with E-state index in [0.717, 1.165) is 19.2 Å². The molecule has 1 saturated heterocycles. The molecule has 2 aromatic heterocycles. The van der Waals surface area contributed by atoms with E-state index in [9.17, 15) is 14.4 Å². The van der Waals surface area contributed by atoms with E-state index in [4.69, 9.17) is 9.84 Å². The summed E-state index contributed by atoms with van der Waals surface area (Å²) in [6.07, 6.45) is -0.461. The summed E-state index contributed by atoms with van der Waals surface area (Å²) < 4.78 is 6.78. The Labute approximate surface area is 133 Å². The predicted octanol–water partition coefficient (Wildman–Crippen LogP) is 3.48. The van der Waals surface area contributed by atoms with Crippen molar-refractivity contribution in [2.24, 2.45) is 0 Å². The van der Waals surface area contributed by atoms with Gasteiger partial charge in [-0.15, -0.1) is 22.7 Å². The Morgan fingerprint density at radius 3 is 2.73 bits per heavy atom. The molecule has 0 aliphatic carbocycles. The minimum atomic E-state index is -1.21. The number of hydrogen-bond acceptors (Lipinski definition) is 6. The second-order valence-corrected chi connectivity index (χ2v) is 7.01. The van der Waals surface area contributed by atoms with Gasteiger partial charge >= 0.3 is 12.1 Å². The number of fused-ring (bicyclic) bond motifs is 1. The molecule has 1 fully saturated rings. The quantitative estimate of drug-likeness (QED) is 0.866. The number of amides is 2. The average molecular weight is 339 g/mol. The Balaban J connectivity index is 1.90. The third-order valence-corrected chi connectivity index (χ3v) is 5.82. The van der Waals surface area contributed by atoms with Gasteiger partial charge in [-0.3, -0.25) is 4.79 Å². The Morgan fingerprint density at radius 2 is 2.09 bits per heavy atom. The molecule has 2 aromatic rings. The molecule has 1 atom stereocenters. The van der Waals surface area contributed by atoms with E-state index in [1.165, 1.54) is 22.7 Å². The van der Waals surface area contributed by atoms with Crippen molar-refractivity contribution in [2.45, 2.75) is 25.8 Å². The van der Waals surface area contributed by atoms with Crippen LogP contribution in [-0.4, -0.2) is 34.6 Å². The summed E-state index contributed by atoms with van der Waals surface area (Å²) in [6.45, 7) is 2.08. The molecule has 0 spiro atoms. The van der Waals surface area contributed by atoms with E-state index in [0.29, 0.717) is 17.9 Å². The van der Waals surface area contributed by atoms with Gasteiger partial charge in [-0.2, -0.15) is 0 Å². The van der Waals surface area contributed by atoms with Crippen molar-refractivity contribution < 1.29 is 24.2 Å². The van der Waals surface area contributed by atoms with E-state index in [-0.39, 0.29) is 18.3 Å². The van der Waals surface area contributed by atoms with E-state index in [1.54, 1.807) is 13.0 Å². The number of nitrogens with zero attached hydrogens (tertiary/aromatic N) is 1. The van der Waals surface area contributed by atoms with E-state index < -0.39 is 12.1 Å². The number of rotatable bonds is 3. The summed E-state index contributed by atoms with van der Waals surface area (Å²) in [4.78, 5) is 36.9. The zero-order valence-corrected chi connectivity index (χ0v) is 13.3. The van der Waals surface area contributed by atoms with Crippen LogP contribution in [-0.2, 0) is 9.53 Å². The molecule has 3 heterocycles. The first kappa shape index (κ1) is 15.0. The number of carbonyl (C=O) groups excluding carboxylic acids is 2. The van der Waals surface area contributed by atoms with Crippen molar-refractivity contribution >= 4 is 50.0 Å². The molecule has 0 aromatic carbocycles. The van der Waals surface area contributed by atoms with Gasteiger partial charge in [0.15, 0.2) is 0 Å². The maximum atomic E-state index is 11.7. The molecule has 116 valence electrons. The average Bonchev–Trinajstić information content (AvgIpc) is 3.09. The van der Waals surface area contributed by atoms with E-state index in [2.05, 4.69) is 0 Å². The molecular weight excluding hydrogens is 326 g/mol. The van der Waals surface area contributed by atoms with Crippen LogP contribution in [0.25, 0.3) is 9.40 Å². The molecule has 22 heavy (non-hydrogen) atoms. The number of esters is 1. The highest BCUT2D eigenvalue weighted by atomic mass is 32.1. The van der Waals surface area contributed by atoms with Crippen LogP contribution in [0.4, 0.5) is 4.79 Å². The lowest BCUT2D eigenvalue weighted by atomic mass is 10.2. The van der Waals surface area contributed by atoms with Gasteiger partial charge < -0.3 is 9.84 Å². The van der Waals surface area contributed by atoms with Crippen molar-refractivity contribution in [3.05, 3.63) is 21.9 Å². The number of imide groups is 1. The highest BCUT2D eigenvalue weighted by molar-refractivity contribution is 7.28. The molecule has 3 rings (SSSR count). The van der Waals surface area contributed by atoms with Gasteiger partial charge in [-0.05, 0) is 25.5 Å². The minimum absolute atomic E-state index is 0.247. The standard InChI is InChI=1S/C14H13NO5S2/c1-2-20-13(17)11-6-10-9(22-11)5-8(21-10)7-3-4-12(16)15(7)14(18)19/h5-7H,2-4H2,1H3,(H,18,19). The molecule has 1 aliphatic heterocycles. The lowest BCUT2D eigenvalue weighted by molar-refractivity contribution is -0.126. The first-order valence-corrected chi connectivity index (χ1v) is 8.40. The third-order valence-electron chi connectivity index (χ3n) is 3.45. The molecule has 0 bridgehead atoms. The molecule has 1 N–H and O–H groups in total. The van der Waals surface area contributed by atoms with Gasteiger partial charge in [0.05, 0.1) is 12.6 Å². The second kappa shape index (κ2) is 5.69. The molecule has 1 unspecified atom stereocenters. The van der Waals surface area contributed by atoms with Crippen molar-refractivity contribution in [3.63, 3.8) is 0 Å². The first-order valence-electron chi connectivity index (χ1n) is 6.76. The number of thiophene rings is 2. The lowest BCUT2D eigenvalue weighted by Crippen LogP contribution is -2.32. The molecule has 8 heteroatoms. The lowest BCUT2D eigenvalue weighted by Gasteiger charge is -2.18. The van der Waals surface area contributed by atoms with Crippen LogP contribution in [0.1, 0.15) is 40.4 Å². The SMILES string of the molecule is CCOC(=O)c1cc2sc(C3CCC(=O)N3C(=O)O)cc2s1. The van der Waals surface area contributed by atoms with Crippen LogP contribution < -0.4 is 0 Å². The van der Waals surface area contributed by atoms with Crippen molar-refractivity contribution in [3.8, 4) is 0 Å². The number of hydrogen-bond donors (Lipinski definition) is 1. The van der Waals surface area contributed by atoms with Gasteiger partial charge in [0.1, 0.15) is 4.88 Å². The summed E-state index contributed by atoms with van der Waals surface area (Å²) in [5.41, 5.74) is 0. The van der Waals surface area contributed by atoms with Crippen LogP contribution in [0.5, 0.6) is 0 Å². The summed E-state index contributed by atoms with van der Waals surface area (Å²) >= 11 is 2.74. The van der Waals surface area contributed by atoms with Gasteiger partial charge in [-0.25, -0.2) is 14.5 Å². The number of likely N-dealkylation sites (tertiary alicyclic amines) is 1. The zero-order valence-electron chi connectivity index (χ0n) is 11.7. The van der Waals surface area contributed by atoms with Gasteiger partial charge in [0.25, 0.3) is 0 Å². The third kappa shape index (κ3) is 2.48. The number of ether oxygens (including phenoxy) is 1. The fourth-order valence-electron chi connectivity index (χ4n) is 2.51. The monoisotopic (exact) mass is 339 g/mol. The van der Waals surface area contributed by atoms with Crippen LogP contribution in [0.3, 0.4) is 0 Å². The number of carboxylic acid groups (broad SMARTS) is 1. The van der Waals surface area contributed by atoms with Gasteiger partial charge in [0, 0.05) is 20.7 Å². The summed E-state index contributed by atoms with van der Waals surface area (Å²) in [5, 5.41) is 9.17. The van der Waals surface area contributed by atoms with E-state index >= 15 is 0 Å². The normalized spacial score (nSPS) is 18.1. The molecule has 2 amide bonds. The highest BCUT2D eigenvalue weighted by Gasteiger charge is 2.37. The second-order valence-electron chi connectivity index (χ2n) is 4.81. The molecule has 0 radical (unpaired) electrons. The van der Waals surface area contributed by atoms with Crippen LogP contribution >= 0.6 is 22.7 Å². The fourth-order valence-corrected chi connectivity index (χ4v) is 4.94. The van der Waals surface area contributed by atoms with Crippen LogP contribution in [0.15, 0.2) is 12.1 Å². The summed E-state index contributed by atoms with van der Waals surface area (Å²) in [5.74, 6) is -0.706. The van der Waals surface area contributed by atoms with E-state index in [1.807, 2.05) is 6.07 Å². The minimum Gasteiger partial charge on any atom is -0.465 e.